The van der Waals surface area contributed by atoms with Crippen molar-refractivity contribution in [1.29, 1.82) is 0 Å². The Kier molecular flexibility index (Phi) is 4.61. The summed E-state index contributed by atoms with van der Waals surface area (Å²) in [5.74, 6) is 1.51. The van der Waals surface area contributed by atoms with E-state index in [4.69, 9.17) is 9.15 Å². The van der Waals surface area contributed by atoms with Gasteiger partial charge in [-0.2, -0.15) is 0 Å². The van der Waals surface area contributed by atoms with E-state index >= 15 is 0 Å². The summed E-state index contributed by atoms with van der Waals surface area (Å²) < 4.78 is 10.5. The lowest BCUT2D eigenvalue weighted by Gasteiger charge is -2.17. The van der Waals surface area contributed by atoms with Crippen molar-refractivity contribution in [1.82, 2.24) is 5.32 Å². The Morgan fingerprint density at radius 2 is 2.10 bits per heavy atom. The van der Waals surface area contributed by atoms with Crippen LogP contribution in [0.4, 0.5) is 0 Å². The van der Waals surface area contributed by atoms with Crippen molar-refractivity contribution in [2.45, 2.75) is 31.7 Å². The number of furan rings is 1. The van der Waals surface area contributed by atoms with Crippen molar-refractivity contribution in [3.63, 3.8) is 0 Å². The zero-order valence-corrected chi connectivity index (χ0v) is 12.5. The molecule has 1 aromatic carbocycles. The van der Waals surface area contributed by atoms with Gasteiger partial charge < -0.3 is 14.5 Å². The van der Waals surface area contributed by atoms with Crippen LogP contribution in [0, 0.1) is 5.92 Å². The minimum atomic E-state index is 0.579. The quantitative estimate of drug-likeness (QED) is 0.807. The molecule has 0 aliphatic heterocycles. The van der Waals surface area contributed by atoms with Crippen LogP contribution in [-0.2, 0) is 12.8 Å². The second-order valence-electron chi connectivity index (χ2n) is 5.94. The summed E-state index contributed by atoms with van der Waals surface area (Å²) in [6.45, 7) is 1.06. The average molecular weight is 285 g/mol. The van der Waals surface area contributed by atoms with Crippen LogP contribution in [0.25, 0.3) is 0 Å². The smallest absolute Gasteiger partial charge is 0.119 e. The Labute approximate surface area is 126 Å². The Morgan fingerprint density at radius 1 is 1.24 bits per heavy atom. The maximum absolute atomic E-state index is 5.32. The van der Waals surface area contributed by atoms with E-state index in [1.165, 1.54) is 24.0 Å². The van der Waals surface area contributed by atoms with Crippen LogP contribution in [0.15, 0.2) is 47.3 Å². The van der Waals surface area contributed by atoms with Crippen LogP contribution in [0.1, 0.15) is 24.0 Å². The first kappa shape index (κ1) is 14.2. The van der Waals surface area contributed by atoms with Crippen LogP contribution >= 0.6 is 0 Å². The Morgan fingerprint density at radius 3 is 2.81 bits per heavy atom. The van der Waals surface area contributed by atoms with Gasteiger partial charge in [-0.05, 0) is 67.5 Å². The van der Waals surface area contributed by atoms with Gasteiger partial charge in [0, 0.05) is 6.04 Å². The third-order valence-electron chi connectivity index (χ3n) is 4.04. The van der Waals surface area contributed by atoms with Gasteiger partial charge in [0.05, 0.1) is 19.6 Å². The summed E-state index contributed by atoms with van der Waals surface area (Å²) in [7, 11) is 1.72. The first-order valence-electron chi connectivity index (χ1n) is 7.71. The Hall–Kier alpha value is -1.74. The molecule has 1 unspecified atom stereocenters. The zero-order valence-electron chi connectivity index (χ0n) is 12.5. The molecule has 1 saturated carbocycles. The normalized spacial score (nSPS) is 15.9. The van der Waals surface area contributed by atoms with Crippen LogP contribution < -0.4 is 10.1 Å². The highest BCUT2D eigenvalue weighted by Gasteiger charge is 2.22. The predicted molar refractivity (Wildman–Crippen MR) is 83.6 cm³/mol. The van der Waals surface area contributed by atoms with E-state index in [9.17, 15) is 0 Å². The molecule has 21 heavy (non-hydrogen) atoms. The number of nitrogens with one attached hydrogen (secondary N) is 1. The molecule has 3 heteroatoms. The summed E-state index contributed by atoms with van der Waals surface area (Å²) in [6.07, 6.45) is 8.38. The van der Waals surface area contributed by atoms with Gasteiger partial charge in [0.25, 0.3) is 0 Å². The fourth-order valence-corrected chi connectivity index (χ4v) is 2.71. The molecule has 1 aliphatic carbocycles. The van der Waals surface area contributed by atoms with Gasteiger partial charge in [0.1, 0.15) is 5.75 Å². The largest absolute Gasteiger partial charge is 0.497 e. The molecule has 3 nitrogen and oxygen atoms in total. The molecule has 1 atom stereocenters. The number of rotatable bonds is 8. The first-order chi connectivity index (χ1) is 10.3. The summed E-state index contributed by atoms with van der Waals surface area (Å²) >= 11 is 0. The maximum Gasteiger partial charge on any atom is 0.119 e. The lowest BCUT2D eigenvalue weighted by molar-refractivity contribution is 0.413. The summed E-state index contributed by atoms with van der Waals surface area (Å²) in [5, 5.41) is 3.66. The van der Waals surface area contributed by atoms with Crippen molar-refractivity contribution in [2.75, 3.05) is 13.7 Å². The second-order valence-corrected chi connectivity index (χ2v) is 5.94. The molecule has 0 saturated heterocycles. The number of benzene rings is 1. The fraction of sp³-hybridized carbons (Fsp3) is 0.444. The van der Waals surface area contributed by atoms with E-state index in [1.807, 2.05) is 12.3 Å². The molecule has 1 heterocycles. The minimum Gasteiger partial charge on any atom is -0.497 e. The molecule has 0 bridgehead atoms. The van der Waals surface area contributed by atoms with E-state index in [1.54, 1.807) is 13.4 Å². The molecule has 2 aromatic rings. The van der Waals surface area contributed by atoms with E-state index < -0.39 is 0 Å². The highest BCUT2D eigenvalue weighted by Crippen LogP contribution is 2.22. The van der Waals surface area contributed by atoms with E-state index in [2.05, 4.69) is 29.6 Å². The Balaban J connectivity index is 1.64. The summed E-state index contributed by atoms with van der Waals surface area (Å²) in [5.41, 5.74) is 2.61. The molecular weight excluding hydrogens is 262 g/mol. The molecule has 0 radical (unpaired) electrons. The molecule has 0 amide bonds. The number of methoxy groups -OCH3 is 1. The van der Waals surface area contributed by atoms with Crippen LogP contribution in [-0.4, -0.2) is 19.7 Å². The highest BCUT2D eigenvalue weighted by atomic mass is 16.5. The summed E-state index contributed by atoms with van der Waals surface area (Å²) in [6, 6.07) is 11.2. The zero-order chi connectivity index (χ0) is 14.5. The van der Waals surface area contributed by atoms with Gasteiger partial charge in [-0.1, -0.05) is 12.1 Å². The number of ether oxygens (including phenoxy) is 1. The summed E-state index contributed by atoms with van der Waals surface area (Å²) in [4.78, 5) is 0. The Bertz CT molecular complexity index is 546. The molecule has 1 N–H and O–H groups in total. The van der Waals surface area contributed by atoms with Crippen molar-refractivity contribution < 1.29 is 9.15 Å². The molecule has 3 rings (SSSR count). The van der Waals surface area contributed by atoms with Gasteiger partial charge in [0.15, 0.2) is 0 Å². The second kappa shape index (κ2) is 6.81. The van der Waals surface area contributed by atoms with Crippen molar-refractivity contribution in [3.05, 3.63) is 54.0 Å². The van der Waals surface area contributed by atoms with Crippen LogP contribution in [0.5, 0.6) is 5.75 Å². The number of hydrogen-bond donors (Lipinski definition) is 1. The van der Waals surface area contributed by atoms with Gasteiger partial charge in [-0.3, -0.25) is 0 Å². The van der Waals surface area contributed by atoms with Gasteiger partial charge in [-0.25, -0.2) is 0 Å². The third kappa shape index (κ3) is 4.36. The monoisotopic (exact) mass is 285 g/mol. The first-order valence-corrected chi connectivity index (χ1v) is 7.71. The van der Waals surface area contributed by atoms with Gasteiger partial charge in [-0.15, -0.1) is 0 Å². The minimum absolute atomic E-state index is 0.579. The SMILES string of the molecule is COc1cccc(CC(CNC2CC2)Cc2ccoc2)c1. The lowest BCUT2D eigenvalue weighted by Crippen LogP contribution is -2.27. The standard InChI is InChI=1S/C18H23NO2/c1-20-18-4-2-3-14(11-18)9-16(12-19-17-5-6-17)10-15-7-8-21-13-15/h2-4,7-8,11,13,16-17,19H,5-6,9-10,12H2,1H3. The van der Waals surface area contributed by atoms with Crippen molar-refractivity contribution >= 4 is 0 Å². The van der Waals surface area contributed by atoms with E-state index in [0.29, 0.717) is 5.92 Å². The lowest BCUT2D eigenvalue weighted by atomic mass is 9.93. The number of hydrogen-bond acceptors (Lipinski definition) is 3. The topological polar surface area (TPSA) is 34.4 Å². The molecule has 0 spiro atoms. The predicted octanol–water partition coefficient (Wildman–Crippen LogP) is 3.44. The molecule has 112 valence electrons. The van der Waals surface area contributed by atoms with Crippen molar-refractivity contribution in [3.8, 4) is 5.75 Å². The molecule has 1 aliphatic rings. The van der Waals surface area contributed by atoms with Gasteiger partial charge in [0.2, 0.25) is 0 Å². The van der Waals surface area contributed by atoms with Crippen LogP contribution in [0.2, 0.25) is 0 Å². The van der Waals surface area contributed by atoms with E-state index in [-0.39, 0.29) is 0 Å². The highest BCUT2D eigenvalue weighted by molar-refractivity contribution is 5.29. The van der Waals surface area contributed by atoms with E-state index in [0.717, 1.165) is 31.2 Å². The van der Waals surface area contributed by atoms with Gasteiger partial charge >= 0.3 is 0 Å². The van der Waals surface area contributed by atoms with Crippen molar-refractivity contribution in [2.24, 2.45) is 5.92 Å². The fourth-order valence-electron chi connectivity index (χ4n) is 2.71. The third-order valence-corrected chi connectivity index (χ3v) is 4.04. The maximum atomic E-state index is 5.32. The average Bonchev–Trinajstić information content (AvgIpc) is 3.21. The molecular formula is C18H23NO2. The molecule has 1 fully saturated rings. The molecule has 1 aromatic heterocycles. The van der Waals surface area contributed by atoms with Crippen LogP contribution in [0.3, 0.4) is 0 Å².